The van der Waals surface area contributed by atoms with Crippen LogP contribution in [-0.2, 0) is 11.3 Å². The van der Waals surface area contributed by atoms with Gasteiger partial charge in [-0.05, 0) is 43.7 Å². The van der Waals surface area contributed by atoms with Crippen molar-refractivity contribution < 1.29 is 13.9 Å². The van der Waals surface area contributed by atoms with Crippen LogP contribution < -0.4 is 4.74 Å². The molecule has 0 aliphatic carbocycles. The molecule has 6 heteroatoms. The molecule has 2 atom stereocenters. The maximum atomic E-state index is 13.2. The molecule has 0 spiro atoms. The second kappa shape index (κ2) is 8.79. The van der Waals surface area contributed by atoms with Crippen LogP contribution in [0.25, 0.3) is 10.9 Å². The van der Waals surface area contributed by atoms with Crippen LogP contribution in [0.1, 0.15) is 19.4 Å². The molecule has 1 amide bonds. The van der Waals surface area contributed by atoms with Crippen molar-refractivity contribution in [2.45, 2.75) is 32.5 Å². The van der Waals surface area contributed by atoms with Crippen LogP contribution in [-0.4, -0.2) is 52.5 Å². The van der Waals surface area contributed by atoms with Crippen LogP contribution in [0.3, 0.4) is 0 Å². The number of benzene rings is 2. The summed E-state index contributed by atoms with van der Waals surface area (Å²) in [6.07, 6.45) is 1.72. The van der Waals surface area contributed by atoms with Gasteiger partial charge in [-0.3, -0.25) is 14.7 Å². The van der Waals surface area contributed by atoms with Gasteiger partial charge in [-0.1, -0.05) is 30.3 Å². The molecular formula is C24H26FN3O2. The van der Waals surface area contributed by atoms with Crippen molar-refractivity contribution in [1.29, 1.82) is 0 Å². The van der Waals surface area contributed by atoms with Gasteiger partial charge in [0, 0.05) is 43.3 Å². The fourth-order valence-corrected chi connectivity index (χ4v) is 4.01. The Bertz CT molecular complexity index is 1020. The summed E-state index contributed by atoms with van der Waals surface area (Å²) in [6, 6.07) is 16.5. The van der Waals surface area contributed by atoms with Crippen molar-refractivity contribution >= 4 is 16.8 Å². The summed E-state index contributed by atoms with van der Waals surface area (Å²) < 4.78 is 19.0. The monoisotopic (exact) mass is 407 g/mol. The van der Waals surface area contributed by atoms with Crippen LogP contribution in [0, 0.1) is 5.82 Å². The van der Waals surface area contributed by atoms with E-state index in [0.29, 0.717) is 12.3 Å². The lowest BCUT2D eigenvalue weighted by atomic mass is 10.1. The van der Waals surface area contributed by atoms with Crippen molar-refractivity contribution in [2.75, 3.05) is 19.7 Å². The quantitative estimate of drug-likeness (QED) is 0.644. The summed E-state index contributed by atoms with van der Waals surface area (Å²) in [5.74, 6) is 0.373. The third kappa shape index (κ3) is 4.44. The van der Waals surface area contributed by atoms with Crippen molar-refractivity contribution in [1.82, 2.24) is 14.8 Å². The fourth-order valence-electron chi connectivity index (χ4n) is 4.01. The van der Waals surface area contributed by atoms with E-state index < -0.39 is 0 Å². The Morgan fingerprint density at radius 3 is 2.63 bits per heavy atom. The molecule has 5 nitrogen and oxygen atoms in total. The first-order valence-electron chi connectivity index (χ1n) is 10.3. The Balaban J connectivity index is 1.37. The summed E-state index contributed by atoms with van der Waals surface area (Å²) in [4.78, 5) is 21.5. The van der Waals surface area contributed by atoms with Gasteiger partial charge in [-0.25, -0.2) is 4.39 Å². The van der Waals surface area contributed by atoms with Gasteiger partial charge < -0.3 is 9.64 Å². The third-order valence-corrected chi connectivity index (χ3v) is 5.68. The molecule has 156 valence electrons. The zero-order valence-corrected chi connectivity index (χ0v) is 17.3. The van der Waals surface area contributed by atoms with E-state index in [2.05, 4.69) is 23.7 Å². The topological polar surface area (TPSA) is 45.7 Å². The number of amides is 1. The van der Waals surface area contributed by atoms with E-state index in [4.69, 9.17) is 4.74 Å². The Morgan fingerprint density at radius 2 is 1.83 bits per heavy atom. The number of nitrogens with zero attached hydrogens (tertiary/aromatic N) is 3. The van der Waals surface area contributed by atoms with Crippen LogP contribution >= 0.6 is 0 Å². The number of pyridine rings is 1. The molecule has 0 saturated carbocycles. The molecule has 0 bridgehead atoms. The largest absolute Gasteiger partial charge is 0.481 e. The zero-order chi connectivity index (χ0) is 21.1. The summed E-state index contributed by atoms with van der Waals surface area (Å²) in [7, 11) is 0. The Morgan fingerprint density at radius 1 is 1.07 bits per heavy atom. The van der Waals surface area contributed by atoms with Gasteiger partial charge in [0.2, 0.25) is 0 Å². The molecule has 30 heavy (non-hydrogen) atoms. The highest BCUT2D eigenvalue weighted by Crippen LogP contribution is 2.24. The molecule has 1 fully saturated rings. The highest BCUT2D eigenvalue weighted by Gasteiger charge is 2.32. The molecule has 2 heterocycles. The molecule has 1 aliphatic heterocycles. The maximum absolute atomic E-state index is 13.2. The van der Waals surface area contributed by atoms with Gasteiger partial charge in [0.1, 0.15) is 17.1 Å². The molecule has 1 aromatic heterocycles. The van der Waals surface area contributed by atoms with Crippen LogP contribution in [0.2, 0.25) is 0 Å². The van der Waals surface area contributed by atoms with E-state index in [0.717, 1.165) is 29.6 Å². The van der Waals surface area contributed by atoms with Gasteiger partial charge in [0.05, 0.1) is 0 Å². The molecule has 0 N–H and O–H groups in total. The van der Waals surface area contributed by atoms with Crippen molar-refractivity contribution in [3.05, 3.63) is 72.2 Å². The van der Waals surface area contributed by atoms with Gasteiger partial charge in [-0.15, -0.1) is 0 Å². The maximum Gasteiger partial charge on any atom is 0.260 e. The number of carbonyl (C=O) groups excluding carboxylic acids is 1. The summed E-state index contributed by atoms with van der Waals surface area (Å²) >= 11 is 0. The number of carbonyl (C=O) groups is 1. The van der Waals surface area contributed by atoms with Gasteiger partial charge in [-0.2, -0.15) is 0 Å². The molecule has 2 aromatic carbocycles. The van der Waals surface area contributed by atoms with Gasteiger partial charge in [0.15, 0.2) is 6.61 Å². The van der Waals surface area contributed by atoms with Gasteiger partial charge >= 0.3 is 0 Å². The van der Waals surface area contributed by atoms with Crippen molar-refractivity contribution in [2.24, 2.45) is 0 Å². The fraction of sp³-hybridized carbons (Fsp3) is 0.333. The normalized spacial score (nSPS) is 19.8. The third-order valence-electron chi connectivity index (χ3n) is 5.68. The van der Waals surface area contributed by atoms with E-state index in [1.807, 2.05) is 47.4 Å². The Kier molecular flexibility index (Phi) is 5.95. The first-order valence-corrected chi connectivity index (χ1v) is 10.3. The van der Waals surface area contributed by atoms with E-state index in [-0.39, 0.29) is 30.4 Å². The highest BCUT2D eigenvalue weighted by molar-refractivity contribution is 5.85. The van der Waals surface area contributed by atoms with Crippen LogP contribution in [0.15, 0.2) is 60.8 Å². The molecule has 4 rings (SSSR count). The molecule has 0 radical (unpaired) electrons. The number of piperazine rings is 1. The molecule has 1 saturated heterocycles. The summed E-state index contributed by atoms with van der Waals surface area (Å²) in [5.41, 5.74) is 1.83. The average molecular weight is 407 g/mol. The van der Waals surface area contributed by atoms with Crippen molar-refractivity contribution in [3.8, 4) is 5.75 Å². The van der Waals surface area contributed by atoms with E-state index >= 15 is 0 Å². The number of hydrogen-bond donors (Lipinski definition) is 0. The lowest BCUT2D eigenvalue weighted by Gasteiger charge is -2.44. The first-order chi connectivity index (χ1) is 14.5. The number of para-hydroxylation sites is 1. The summed E-state index contributed by atoms with van der Waals surface area (Å²) in [6.45, 7) is 6.31. The number of aromatic nitrogens is 1. The Hall–Kier alpha value is -2.99. The predicted molar refractivity (Wildman–Crippen MR) is 115 cm³/mol. The molecular weight excluding hydrogens is 381 g/mol. The molecule has 0 unspecified atom stereocenters. The second-order valence-corrected chi connectivity index (χ2v) is 7.92. The minimum atomic E-state index is -0.225. The highest BCUT2D eigenvalue weighted by atomic mass is 19.1. The average Bonchev–Trinajstić information content (AvgIpc) is 2.76. The Labute approximate surface area is 176 Å². The number of halogens is 1. The number of hydrogen-bond acceptors (Lipinski definition) is 4. The zero-order valence-electron chi connectivity index (χ0n) is 17.3. The second-order valence-electron chi connectivity index (χ2n) is 7.92. The molecule has 3 aromatic rings. The predicted octanol–water partition coefficient (Wildman–Crippen LogP) is 3.87. The van der Waals surface area contributed by atoms with E-state index in [1.165, 1.54) is 12.1 Å². The number of rotatable bonds is 5. The minimum absolute atomic E-state index is 0.00922. The number of fused-ring (bicyclic) bond motifs is 1. The standard InChI is InChI=1S/C24H26FN3O2/c1-17-14-28(18(2)13-27(17)15-19-8-10-21(25)11-9-19)23(29)16-30-22-7-3-5-20-6-4-12-26-24(20)22/h3-12,17-18H,13-16H2,1-2H3/t17-,18+/m1/s1. The lowest BCUT2D eigenvalue weighted by Crippen LogP contribution is -2.58. The lowest BCUT2D eigenvalue weighted by molar-refractivity contribution is -0.139. The van der Waals surface area contributed by atoms with Crippen LogP contribution in [0.4, 0.5) is 4.39 Å². The summed E-state index contributed by atoms with van der Waals surface area (Å²) in [5, 5.41) is 0.985. The number of ether oxygens (including phenoxy) is 1. The minimum Gasteiger partial charge on any atom is -0.481 e. The first kappa shape index (κ1) is 20.3. The molecule has 1 aliphatic rings. The van der Waals surface area contributed by atoms with Gasteiger partial charge in [0.25, 0.3) is 5.91 Å². The van der Waals surface area contributed by atoms with Crippen molar-refractivity contribution in [3.63, 3.8) is 0 Å². The van der Waals surface area contributed by atoms with Crippen LogP contribution in [0.5, 0.6) is 5.75 Å². The van der Waals surface area contributed by atoms with E-state index in [1.54, 1.807) is 6.20 Å². The van der Waals surface area contributed by atoms with E-state index in [9.17, 15) is 9.18 Å². The SMILES string of the molecule is C[C@@H]1CN(C(=O)COc2cccc3cccnc23)[C@@H](C)CN1Cc1ccc(F)cc1. The smallest absolute Gasteiger partial charge is 0.260 e.